The molecule has 0 radical (unpaired) electrons. The zero-order valence-electron chi connectivity index (χ0n) is 7.26. The number of nitrogens with two attached hydrogens (primary N) is 1. The second kappa shape index (κ2) is 4.34. The normalized spacial score (nSPS) is 11.5. The molecule has 3 nitrogen and oxygen atoms in total. The molecule has 0 bridgehead atoms. The van der Waals surface area contributed by atoms with Crippen LogP contribution in [0.25, 0.3) is 0 Å². The molecule has 0 atom stereocenters. The van der Waals surface area contributed by atoms with E-state index >= 15 is 0 Å². The van der Waals surface area contributed by atoms with Crippen molar-refractivity contribution < 1.29 is 9.90 Å². The lowest BCUT2D eigenvalue weighted by Gasteiger charge is -2.17. The van der Waals surface area contributed by atoms with Crippen molar-refractivity contribution in [1.29, 1.82) is 0 Å². The summed E-state index contributed by atoms with van der Waals surface area (Å²) < 4.78 is 0. The minimum absolute atomic E-state index is 0.588. The first-order chi connectivity index (χ1) is 5.00. The van der Waals surface area contributed by atoms with Gasteiger partial charge in [0.15, 0.2) is 0 Å². The smallest absolute Gasteiger partial charge is 0.309 e. The van der Waals surface area contributed by atoms with E-state index in [0.29, 0.717) is 13.0 Å². The van der Waals surface area contributed by atoms with Crippen molar-refractivity contribution in [3.63, 3.8) is 0 Å². The summed E-state index contributed by atoms with van der Waals surface area (Å²) >= 11 is 0. The summed E-state index contributed by atoms with van der Waals surface area (Å²) in [6, 6.07) is 0. The third-order valence-electron chi connectivity index (χ3n) is 1.83. The summed E-state index contributed by atoms with van der Waals surface area (Å²) in [4.78, 5) is 10.6. The molecule has 0 heterocycles. The summed E-state index contributed by atoms with van der Waals surface area (Å²) in [5, 5.41) is 8.71. The fourth-order valence-electron chi connectivity index (χ4n) is 0.818. The Morgan fingerprint density at radius 1 is 1.45 bits per heavy atom. The van der Waals surface area contributed by atoms with Gasteiger partial charge in [0.25, 0.3) is 0 Å². The molecule has 0 aliphatic rings. The van der Waals surface area contributed by atoms with Crippen LogP contribution in [0.5, 0.6) is 0 Å². The maximum absolute atomic E-state index is 10.6. The second-order valence-electron chi connectivity index (χ2n) is 3.43. The quantitative estimate of drug-likeness (QED) is 0.593. The molecule has 66 valence electrons. The van der Waals surface area contributed by atoms with Crippen molar-refractivity contribution in [1.82, 2.24) is 0 Å². The lowest BCUT2D eigenvalue weighted by Crippen LogP contribution is -2.23. The van der Waals surface area contributed by atoms with Gasteiger partial charge in [-0.15, -0.1) is 0 Å². The standard InChI is InChI=1S/C8H17NO2/c1-8(2,7(10)11)5-3-4-6-9/h3-6,9H2,1-2H3,(H,10,11). The lowest BCUT2D eigenvalue weighted by molar-refractivity contribution is -0.147. The SMILES string of the molecule is CC(C)(CCCCN)C(=O)O. The Hall–Kier alpha value is -0.570. The molecule has 0 saturated carbocycles. The highest BCUT2D eigenvalue weighted by atomic mass is 16.4. The van der Waals surface area contributed by atoms with Crippen LogP contribution in [0.4, 0.5) is 0 Å². The molecule has 3 N–H and O–H groups in total. The number of carbonyl (C=O) groups is 1. The Bertz CT molecular complexity index is 132. The van der Waals surface area contributed by atoms with E-state index < -0.39 is 11.4 Å². The highest BCUT2D eigenvalue weighted by Gasteiger charge is 2.25. The predicted octanol–water partition coefficient (Wildman–Crippen LogP) is 1.23. The van der Waals surface area contributed by atoms with Crippen molar-refractivity contribution in [3.05, 3.63) is 0 Å². The van der Waals surface area contributed by atoms with E-state index in [9.17, 15) is 4.79 Å². The Morgan fingerprint density at radius 2 is 2.00 bits per heavy atom. The molecule has 0 fully saturated rings. The molecule has 0 aromatic heterocycles. The number of unbranched alkanes of at least 4 members (excludes halogenated alkanes) is 1. The molecule has 0 amide bonds. The van der Waals surface area contributed by atoms with Gasteiger partial charge in [0, 0.05) is 0 Å². The van der Waals surface area contributed by atoms with Crippen molar-refractivity contribution in [2.75, 3.05) is 6.54 Å². The Kier molecular flexibility index (Phi) is 4.11. The minimum Gasteiger partial charge on any atom is -0.481 e. The summed E-state index contributed by atoms with van der Waals surface area (Å²) in [7, 11) is 0. The van der Waals surface area contributed by atoms with E-state index in [-0.39, 0.29) is 0 Å². The maximum Gasteiger partial charge on any atom is 0.309 e. The van der Waals surface area contributed by atoms with Gasteiger partial charge in [0.2, 0.25) is 0 Å². The Morgan fingerprint density at radius 3 is 2.36 bits per heavy atom. The molecule has 0 aromatic rings. The number of rotatable bonds is 5. The fourth-order valence-corrected chi connectivity index (χ4v) is 0.818. The number of hydrogen-bond acceptors (Lipinski definition) is 2. The molecule has 11 heavy (non-hydrogen) atoms. The van der Waals surface area contributed by atoms with E-state index in [4.69, 9.17) is 10.8 Å². The lowest BCUT2D eigenvalue weighted by atomic mass is 9.87. The molecule has 0 rings (SSSR count). The van der Waals surface area contributed by atoms with Gasteiger partial charge in [-0.1, -0.05) is 6.42 Å². The highest BCUT2D eigenvalue weighted by Crippen LogP contribution is 2.22. The van der Waals surface area contributed by atoms with Crippen molar-refractivity contribution >= 4 is 5.97 Å². The maximum atomic E-state index is 10.6. The van der Waals surface area contributed by atoms with E-state index in [1.165, 1.54) is 0 Å². The minimum atomic E-state index is -0.727. The molecule has 0 saturated heterocycles. The van der Waals surface area contributed by atoms with Gasteiger partial charge in [0.1, 0.15) is 0 Å². The monoisotopic (exact) mass is 159 g/mol. The average Bonchev–Trinajstić information content (AvgIpc) is 1.88. The van der Waals surface area contributed by atoms with Crippen molar-refractivity contribution in [2.45, 2.75) is 33.1 Å². The Labute approximate surface area is 67.6 Å². The van der Waals surface area contributed by atoms with Crippen molar-refractivity contribution in [3.8, 4) is 0 Å². The number of hydrogen-bond donors (Lipinski definition) is 2. The molecule has 0 aliphatic carbocycles. The van der Waals surface area contributed by atoms with Gasteiger partial charge in [-0.2, -0.15) is 0 Å². The molecule has 0 aliphatic heterocycles. The van der Waals surface area contributed by atoms with Crippen LogP contribution in [0.3, 0.4) is 0 Å². The van der Waals surface area contributed by atoms with Gasteiger partial charge < -0.3 is 10.8 Å². The van der Waals surface area contributed by atoms with Gasteiger partial charge >= 0.3 is 5.97 Å². The predicted molar refractivity (Wildman–Crippen MR) is 44.3 cm³/mol. The second-order valence-corrected chi connectivity index (χ2v) is 3.43. The van der Waals surface area contributed by atoms with Gasteiger partial charge in [-0.25, -0.2) is 0 Å². The molecular weight excluding hydrogens is 142 g/mol. The van der Waals surface area contributed by atoms with Crippen LogP contribution in [0.15, 0.2) is 0 Å². The van der Waals surface area contributed by atoms with Crippen LogP contribution in [-0.2, 0) is 4.79 Å². The van der Waals surface area contributed by atoms with Crippen LogP contribution in [0.1, 0.15) is 33.1 Å². The zero-order chi connectivity index (χ0) is 8.91. The van der Waals surface area contributed by atoms with Crippen LogP contribution < -0.4 is 5.73 Å². The van der Waals surface area contributed by atoms with E-state index in [2.05, 4.69) is 0 Å². The van der Waals surface area contributed by atoms with Crippen molar-refractivity contribution in [2.24, 2.45) is 11.1 Å². The fraction of sp³-hybridized carbons (Fsp3) is 0.875. The van der Waals surface area contributed by atoms with E-state index in [0.717, 1.165) is 12.8 Å². The number of aliphatic carboxylic acids is 1. The zero-order valence-corrected chi connectivity index (χ0v) is 7.26. The number of carboxylic acids is 1. The third kappa shape index (κ3) is 3.98. The molecular formula is C8H17NO2. The summed E-state index contributed by atoms with van der Waals surface area (Å²) in [5.41, 5.74) is 4.70. The first kappa shape index (κ1) is 10.4. The highest BCUT2D eigenvalue weighted by molar-refractivity contribution is 5.73. The summed E-state index contributed by atoms with van der Waals surface area (Å²) in [6.07, 6.45) is 2.52. The van der Waals surface area contributed by atoms with Crippen LogP contribution >= 0.6 is 0 Å². The first-order valence-corrected chi connectivity index (χ1v) is 3.94. The van der Waals surface area contributed by atoms with E-state index in [1.54, 1.807) is 13.8 Å². The van der Waals surface area contributed by atoms with Crippen LogP contribution in [0.2, 0.25) is 0 Å². The molecule has 0 aromatic carbocycles. The molecule has 3 heteroatoms. The van der Waals surface area contributed by atoms with Gasteiger partial charge in [-0.05, 0) is 33.2 Å². The van der Waals surface area contributed by atoms with Gasteiger partial charge in [0.05, 0.1) is 5.41 Å². The average molecular weight is 159 g/mol. The molecule has 0 unspecified atom stereocenters. The van der Waals surface area contributed by atoms with Crippen LogP contribution in [0, 0.1) is 5.41 Å². The van der Waals surface area contributed by atoms with Gasteiger partial charge in [-0.3, -0.25) is 4.79 Å². The summed E-state index contributed by atoms with van der Waals surface area (Å²) in [5.74, 6) is -0.727. The topological polar surface area (TPSA) is 63.3 Å². The van der Waals surface area contributed by atoms with Crippen LogP contribution in [-0.4, -0.2) is 17.6 Å². The number of carboxylic acid groups (broad SMARTS) is 1. The summed E-state index contributed by atoms with van der Waals surface area (Å²) in [6.45, 7) is 4.13. The largest absolute Gasteiger partial charge is 0.481 e. The third-order valence-corrected chi connectivity index (χ3v) is 1.83. The first-order valence-electron chi connectivity index (χ1n) is 3.94. The molecule has 0 spiro atoms. The Balaban J connectivity index is 3.64. The van der Waals surface area contributed by atoms with E-state index in [1.807, 2.05) is 0 Å².